The van der Waals surface area contributed by atoms with Crippen molar-refractivity contribution in [2.75, 3.05) is 5.32 Å². The quantitative estimate of drug-likeness (QED) is 0.511. The molecule has 24 heavy (non-hydrogen) atoms. The number of hydrogen-bond acceptors (Lipinski definition) is 3. The van der Waals surface area contributed by atoms with Gasteiger partial charge in [0, 0.05) is 10.6 Å². The molecule has 0 spiro atoms. The molecule has 0 saturated heterocycles. The van der Waals surface area contributed by atoms with Crippen LogP contribution in [-0.2, 0) is 0 Å². The fourth-order valence-electron chi connectivity index (χ4n) is 3.81. The first-order chi connectivity index (χ1) is 11.7. The van der Waals surface area contributed by atoms with Crippen LogP contribution < -0.4 is 5.32 Å². The first kappa shape index (κ1) is 16.9. The molecule has 1 aliphatic heterocycles. The molecule has 124 valence electrons. The van der Waals surface area contributed by atoms with E-state index in [1.54, 1.807) is 0 Å². The lowest BCUT2D eigenvalue weighted by atomic mass is 9.74. The summed E-state index contributed by atoms with van der Waals surface area (Å²) in [5, 5.41) is 14.9. The van der Waals surface area contributed by atoms with E-state index in [0.29, 0.717) is 17.9 Å². The van der Waals surface area contributed by atoms with Crippen LogP contribution in [0, 0.1) is 16.6 Å². The Hall–Kier alpha value is -1.92. The maximum atomic E-state index is 8.95. The Kier molecular flexibility index (Phi) is 5.48. The maximum absolute atomic E-state index is 8.95. The van der Waals surface area contributed by atoms with Gasteiger partial charge in [0.25, 0.3) is 0 Å². The molecule has 0 amide bonds. The van der Waals surface area contributed by atoms with Gasteiger partial charge in [-0.3, -0.25) is 0 Å². The molecule has 0 radical (unpaired) electrons. The van der Waals surface area contributed by atoms with E-state index < -0.39 is 0 Å². The summed E-state index contributed by atoms with van der Waals surface area (Å²) in [6, 6.07) is 17.5. The lowest BCUT2D eigenvalue weighted by Gasteiger charge is -2.40. The topological polar surface area (TPSA) is 35.8 Å². The predicted molar refractivity (Wildman–Crippen MR) is 102 cm³/mol. The molecule has 1 aliphatic rings. The van der Waals surface area contributed by atoms with Gasteiger partial charge in [0.15, 0.2) is 0 Å². The Morgan fingerprint density at radius 3 is 2.67 bits per heavy atom. The van der Waals surface area contributed by atoms with Gasteiger partial charge in [0.05, 0.1) is 6.04 Å². The molecule has 2 aromatic carbocycles. The summed E-state index contributed by atoms with van der Waals surface area (Å²) in [4.78, 5) is 1.04. The lowest BCUT2D eigenvalue weighted by molar-refractivity contribution is 0.341. The highest BCUT2D eigenvalue weighted by Crippen LogP contribution is 2.47. The molecule has 3 unspecified atom stereocenters. The van der Waals surface area contributed by atoms with E-state index in [0.717, 1.165) is 4.90 Å². The van der Waals surface area contributed by atoms with Gasteiger partial charge >= 0.3 is 0 Å². The van der Waals surface area contributed by atoms with Crippen LogP contribution in [0.25, 0.3) is 0 Å². The molecular weight excluding hydrogens is 312 g/mol. The molecule has 0 fully saturated rings. The normalized spacial score (nSPS) is 22.3. The van der Waals surface area contributed by atoms with Crippen LogP contribution in [0.5, 0.6) is 0 Å². The summed E-state index contributed by atoms with van der Waals surface area (Å²) in [6.07, 6.45) is 3.70. The Morgan fingerprint density at radius 2 is 1.96 bits per heavy atom. The Labute approximate surface area is 149 Å². The molecule has 0 aromatic heterocycles. The highest BCUT2D eigenvalue weighted by Gasteiger charge is 2.34. The lowest BCUT2D eigenvalue weighted by Crippen LogP contribution is -2.30. The van der Waals surface area contributed by atoms with E-state index in [2.05, 4.69) is 67.0 Å². The van der Waals surface area contributed by atoms with Gasteiger partial charge in [0.1, 0.15) is 5.40 Å². The summed E-state index contributed by atoms with van der Waals surface area (Å²) >= 11 is 1.24. The minimum absolute atomic E-state index is 0.356. The van der Waals surface area contributed by atoms with Crippen molar-refractivity contribution < 1.29 is 0 Å². The van der Waals surface area contributed by atoms with Crippen LogP contribution in [0.1, 0.15) is 56.2 Å². The largest absolute Gasteiger partial charge is 0.378 e. The van der Waals surface area contributed by atoms with Crippen molar-refractivity contribution in [3.05, 3.63) is 59.7 Å². The van der Waals surface area contributed by atoms with Gasteiger partial charge in [0.2, 0.25) is 0 Å². The number of thiocyanates is 1. The fraction of sp³-hybridized carbons (Fsp3) is 0.381. The molecule has 3 rings (SSSR count). The first-order valence-electron chi connectivity index (χ1n) is 8.76. The number of nitriles is 1. The molecule has 1 heterocycles. The van der Waals surface area contributed by atoms with Gasteiger partial charge < -0.3 is 5.32 Å². The highest BCUT2D eigenvalue weighted by atomic mass is 32.2. The van der Waals surface area contributed by atoms with Crippen LogP contribution >= 0.6 is 11.8 Å². The van der Waals surface area contributed by atoms with E-state index in [4.69, 9.17) is 5.26 Å². The first-order valence-corrected chi connectivity index (χ1v) is 9.57. The van der Waals surface area contributed by atoms with E-state index >= 15 is 0 Å². The Morgan fingerprint density at radius 1 is 1.17 bits per heavy atom. The number of thioether (sulfide) groups is 1. The monoisotopic (exact) mass is 336 g/mol. The predicted octanol–water partition coefficient (Wildman–Crippen LogP) is 6.34. The van der Waals surface area contributed by atoms with Gasteiger partial charge in [-0.25, -0.2) is 0 Å². The zero-order valence-corrected chi connectivity index (χ0v) is 15.1. The van der Waals surface area contributed by atoms with E-state index in [1.165, 1.54) is 47.8 Å². The van der Waals surface area contributed by atoms with Crippen molar-refractivity contribution in [3.63, 3.8) is 0 Å². The molecule has 1 N–H and O–H groups in total. The average molecular weight is 337 g/mol. The fourth-order valence-corrected chi connectivity index (χ4v) is 4.23. The third-order valence-electron chi connectivity index (χ3n) is 5.11. The van der Waals surface area contributed by atoms with Crippen molar-refractivity contribution in [3.8, 4) is 5.40 Å². The number of nitrogens with zero attached hydrogens (tertiary/aromatic N) is 1. The summed E-state index contributed by atoms with van der Waals surface area (Å²) in [5.41, 5.74) is 3.93. The number of hydrogen-bond donors (Lipinski definition) is 1. The molecule has 0 aliphatic carbocycles. The van der Waals surface area contributed by atoms with E-state index in [9.17, 15) is 0 Å². The summed E-state index contributed by atoms with van der Waals surface area (Å²) < 4.78 is 0. The summed E-state index contributed by atoms with van der Waals surface area (Å²) in [7, 11) is 0. The van der Waals surface area contributed by atoms with Gasteiger partial charge in [-0.15, -0.1) is 0 Å². The molecule has 2 aromatic rings. The summed E-state index contributed by atoms with van der Waals surface area (Å²) in [6.45, 7) is 4.60. The van der Waals surface area contributed by atoms with Gasteiger partial charge in [-0.05, 0) is 59.3 Å². The molecular formula is C21H24N2S. The number of anilines is 1. The highest BCUT2D eigenvalue weighted by molar-refractivity contribution is 8.03. The number of benzene rings is 2. The summed E-state index contributed by atoms with van der Waals surface area (Å²) in [5.74, 6) is 1.06. The second-order valence-corrected chi connectivity index (χ2v) is 7.43. The number of rotatable bonds is 5. The smallest absolute Gasteiger partial charge is 0.138 e. The van der Waals surface area contributed by atoms with Crippen LogP contribution in [0.2, 0.25) is 0 Å². The molecule has 3 heteroatoms. The van der Waals surface area contributed by atoms with Gasteiger partial charge in [-0.1, -0.05) is 57.0 Å². The van der Waals surface area contributed by atoms with Crippen LogP contribution in [0.4, 0.5) is 5.69 Å². The SMILES string of the molecule is CCCCC1C(C)c2cc(SC#N)ccc2NC1c1ccccc1. The van der Waals surface area contributed by atoms with Crippen molar-refractivity contribution in [2.24, 2.45) is 5.92 Å². The minimum atomic E-state index is 0.356. The van der Waals surface area contributed by atoms with Crippen molar-refractivity contribution in [1.82, 2.24) is 0 Å². The van der Waals surface area contributed by atoms with Crippen molar-refractivity contribution >= 4 is 17.4 Å². The number of fused-ring (bicyclic) bond motifs is 1. The zero-order valence-electron chi connectivity index (χ0n) is 14.3. The molecule has 2 nitrogen and oxygen atoms in total. The molecule has 3 atom stereocenters. The zero-order chi connectivity index (χ0) is 16.9. The standard InChI is InChI=1S/C21H24N2S/c1-3-4-10-18-15(2)19-13-17(24-14-22)11-12-20(19)23-21(18)16-8-6-5-7-9-16/h5-9,11-13,15,18,21,23H,3-4,10H2,1-2H3. The van der Waals surface area contributed by atoms with Crippen LogP contribution in [0.3, 0.4) is 0 Å². The third kappa shape index (κ3) is 3.44. The maximum Gasteiger partial charge on any atom is 0.138 e. The molecule has 0 bridgehead atoms. The van der Waals surface area contributed by atoms with E-state index in [1.807, 2.05) is 6.07 Å². The van der Waals surface area contributed by atoms with Crippen molar-refractivity contribution in [2.45, 2.75) is 50.0 Å². The second-order valence-electron chi connectivity index (χ2n) is 6.57. The van der Waals surface area contributed by atoms with Crippen LogP contribution in [0.15, 0.2) is 53.4 Å². The third-order valence-corrected chi connectivity index (χ3v) is 5.69. The Bertz CT molecular complexity index is 720. The van der Waals surface area contributed by atoms with Gasteiger partial charge in [-0.2, -0.15) is 5.26 Å². The molecule has 0 saturated carbocycles. The number of unbranched alkanes of at least 4 members (excludes halogenated alkanes) is 1. The average Bonchev–Trinajstić information content (AvgIpc) is 2.62. The Balaban J connectivity index is 1.97. The second kappa shape index (κ2) is 7.77. The van der Waals surface area contributed by atoms with Crippen LogP contribution in [-0.4, -0.2) is 0 Å². The van der Waals surface area contributed by atoms with Crippen molar-refractivity contribution in [1.29, 1.82) is 5.26 Å². The minimum Gasteiger partial charge on any atom is -0.378 e. The number of nitrogens with one attached hydrogen (secondary N) is 1. The van der Waals surface area contributed by atoms with E-state index in [-0.39, 0.29) is 0 Å².